The third-order valence-corrected chi connectivity index (χ3v) is 3.30. The Labute approximate surface area is 117 Å². The van der Waals surface area contributed by atoms with E-state index in [-0.39, 0.29) is 11.9 Å². The third kappa shape index (κ3) is 4.58. The minimum atomic E-state index is -0.245. The molecule has 1 aromatic carbocycles. The largest absolute Gasteiger partial charge is 0.491 e. The summed E-state index contributed by atoms with van der Waals surface area (Å²) < 4.78 is 19.8. The fourth-order valence-electron chi connectivity index (χ4n) is 1.66. The maximum atomic E-state index is 13.6. The van der Waals surface area contributed by atoms with Gasteiger partial charge in [-0.05, 0) is 54.9 Å². The summed E-state index contributed by atoms with van der Waals surface area (Å²) in [5, 5.41) is 3.32. The summed E-state index contributed by atoms with van der Waals surface area (Å²) in [6.07, 6.45) is 0.817. The normalized spacial score (nSPS) is 11.3. The molecule has 0 aliphatic heterocycles. The molecule has 0 unspecified atom stereocenters. The van der Waals surface area contributed by atoms with E-state index in [0.717, 1.165) is 24.3 Å². The Balaban J connectivity index is 2.86. The molecule has 102 valence electrons. The van der Waals surface area contributed by atoms with Crippen molar-refractivity contribution in [2.75, 3.05) is 6.54 Å². The van der Waals surface area contributed by atoms with Gasteiger partial charge in [-0.3, -0.25) is 0 Å². The predicted octanol–water partition coefficient (Wildman–Crippen LogP) is 3.92. The van der Waals surface area contributed by atoms with Crippen LogP contribution < -0.4 is 10.1 Å². The Bertz CT molecular complexity index is 394. The van der Waals surface area contributed by atoms with Crippen molar-refractivity contribution in [3.05, 3.63) is 28.0 Å². The first-order chi connectivity index (χ1) is 8.41. The molecule has 0 saturated heterocycles. The van der Waals surface area contributed by atoms with E-state index in [9.17, 15) is 4.39 Å². The summed E-state index contributed by atoms with van der Waals surface area (Å²) in [5.74, 6) is 0.509. The average molecular weight is 318 g/mol. The van der Waals surface area contributed by atoms with Gasteiger partial charge in [0.1, 0.15) is 11.6 Å². The van der Waals surface area contributed by atoms with E-state index < -0.39 is 0 Å². The van der Waals surface area contributed by atoms with Crippen LogP contribution in [0.15, 0.2) is 16.6 Å². The highest BCUT2D eigenvalue weighted by Crippen LogP contribution is 2.30. The number of benzene rings is 1. The van der Waals surface area contributed by atoms with Crippen molar-refractivity contribution in [3.8, 4) is 5.75 Å². The quantitative estimate of drug-likeness (QED) is 0.858. The highest BCUT2D eigenvalue weighted by atomic mass is 79.9. The summed E-state index contributed by atoms with van der Waals surface area (Å²) in [5.41, 5.74) is 0.886. The van der Waals surface area contributed by atoms with Gasteiger partial charge >= 0.3 is 0 Å². The van der Waals surface area contributed by atoms with Crippen molar-refractivity contribution in [1.82, 2.24) is 5.32 Å². The van der Waals surface area contributed by atoms with Crippen molar-refractivity contribution in [1.29, 1.82) is 0 Å². The molecule has 2 nitrogen and oxygen atoms in total. The molecular weight excluding hydrogens is 297 g/mol. The van der Waals surface area contributed by atoms with Crippen molar-refractivity contribution >= 4 is 15.9 Å². The Morgan fingerprint density at radius 3 is 2.50 bits per heavy atom. The monoisotopic (exact) mass is 317 g/mol. The average Bonchev–Trinajstić information content (AvgIpc) is 2.26. The van der Waals surface area contributed by atoms with Gasteiger partial charge in [0.15, 0.2) is 0 Å². The molecule has 0 spiro atoms. The lowest BCUT2D eigenvalue weighted by molar-refractivity contribution is 0.239. The lowest BCUT2D eigenvalue weighted by Gasteiger charge is -2.17. The molecule has 0 aromatic heterocycles. The summed E-state index contributed by atoms with van der Waals surface area (Å²) >= 11 is 3.31. The fourth-order valence-corrected chi connectivity index (χ4v) is 2.18. The minimum absolute atomic E-state index is 0.0826. The SMILES string of the molecule is CC(C)NCCc1c(OC(C)C)ccc(F)c1Br. The molecule has 0 fully saturated rings. The molecule has 0 bridgehead atoms. The first-order valence-electron chi connectivity index (χ1n) is 6.28. The molecule has 0 aliphatic rings. The van der Waals surface area contributed by atoms with E-state index in [0.29, 0.717) is 10.5 Å². The first-order valence-corrected chi connectivity index (χ1v) is 7.08. The zero-order valence-electron chi connectivity index (χ0n) is 11.4. The zero-order valence-corrected chi connectivity index (χ0v) is 13.0. The van der Waals surface area contributed by atoms with Crippen LogP contribution in [-0.4, -0.2) is 18.7 Å². The van der Waals surface area contributed by atoms with Gasteiger partial charge in [-0.2, -0.15) is 0 Å². The van der Waals surface area contributed by atoms with Crippen LogP contribution in [0.5, 0.6) is 5.75 Å². The number of halogens is 2. The summed E-state index contributed by atoms with van der Waals surface area (Å²) in [7, 11) is 0. The number of nitrogens with one attached hydrogen (secondary N) is 1. The third-order valence-electron chi connectivity index (χ3n) is 2.44. The molecule has 0 aliphatic carbocycles. The molecule has 0 saturated carbocycles. The van der Waals surface area contributed by atoms with Gasteiger partial charge in [0.2, 0.25) is 0 Å². The smallest absolute Gasteiger partial charge is 0.137 e. The first kappa shape index (κ1) is 15.4. The van der Waals surface area contributed by atoms with E-state index in [1.54, 1.807) is 6.07 Å². The number of ether oxygens (including phenoxy) is 1. The van der Waals surface area contributed by atoms with E-state index in [2.05, 4.69) is 35.1 Å². The van der Waals surface area contributed by atoms with Crippen molar-refractivity contribution in [2.45, 2.75) is 46.3 Å². The summed E-state index contributed by atoms with van der Waals surface area (Å²) in [6.45, 7) is 8.91. The molecule has 18 heavy (non-hydrogen) atoms. The van der Waals surface area contributed by atoms with Crippen LogP contribution in [0.25, 0.3) is 0 Å². The van der Waals surface area contributed by atoms with E-state index in [1.807, 2.05) is 13.8 Å². The van der Waals surface area contributed by atoms with Crippen LogP contribution in [0.4, 0.5) is 4.39 Å². The van der Waals surface area contributed by atoms with E-state index >= 15 is 0 Å². The van der Waals surface area contributed by atoms with Crippen molar-refractivity contribution in [3.63, 3.8) is 0 Å². The van der Waals surface area contributed by atoms with Crippen LogP contribution in [0.1, 0.15) is 33.3 Å². The van der Waals surface area contributed by atoms with Gasteiger partial charge in [-0.15, -0.1) is 0 Å². The maximum Gasteiger partial charge on any atom is 0.137 e. The molecule has 0 radical (unpaired) electrons. The standard InChI is InChI=1S/C14H21BrFNO/c1-9(2)17-8-7-11-13(18-10(3)4)6-5-12(16)14(11)15/h5-6,9-10,17H,7-8H2,1-4H3. The molecule has 0 amide bonds. The number of hydrogen-bond acceptors (Lipinski definition) is 2. The van der Waals surface area contributed by atoms with Crippen molar-refractivity contribution in [2.24, 2.45) is 0 Å². The second-order valence-corrected chi connectivity index (χ2v) is 5.66. The van der Waals surface area contributed by atoms with Crippen LogP contribution >= 0.6 is 15.9 Å². The molecule has 1 N–H and O–H groups in total. The van der Waals surface area contributed by atoms with E-state index in [1.165, 1.54) is 6.07 Å². The van der Waals surface area contributed by atoms with E-state index in [4.69, 9.17) is 4.74 Å². The van der Waals surface area contributed by atoms with Gasteiger partial charge in [-0.25, -0.2) is 4.39 Å². The number of hydrogen-bond donors (Lipinski definition) is 1. The second kappa shape index (κ2) is 7.10. The van der Waals surface area contributed by atoms with Gasteiger partial charge in [0, 0.05) is 11.6 Å². The Hall–Kier alpha value is -0.610. The number of rotatable bonds is 6. The highest BCUT2D eigenvalue weighted by molar-refractivity contribution is 9.10. The van der Waals surface area contributed by atoms with Crippen molar-refractivity contribution < 1.29 is 9.13 Å². The van der Waals surface area contributed by atoms with Gasteiger partial charge in [0.25, 0.3) is 0 Å². The van der Waals surface area contributed by atoms with Crippen LogP contribution in [0, 0.1) is 5.82 Å². The molecule has 4 heteroatoms. The minimum Gasteiger partial charge on any atom is -0.491 e. The van der Waals surface area contributed by atoms with Gasteiger partial charge in [0.05, 0.1) is 10.6 Å². The molecule has 0 heterocycles. The van der Waals surface area contributed by atoms with Gasteiger partial charge in [-0.1, -0.05) is 13.8 Å². The molecular formula is C14H21BrFNO. The Morgan fingerprint density at radius 2 is 1.94 bits per heavy atom. The molecule has 0 atom stereocenters. The lowest BCUT2D eigenvalue weighted by Crippen LogP contribution is -2.25. The Morgan fingerprint density at radius 1 is 1.28 bits per heavy atom. The molecule has 1 aromatic rings. The highest BCUT2D eigenvalue weighted by Gasteiger charge is 2.13. The van der Waals surface area contributed by atoms with Gasteiger partial charge < -0.3 is 10.1 Å². The predicted molar refractivity (Wildman–Crippen MR) is 76.7 cm³/mol. The van der Waals surface area contributed by atoms with Crippen LogP contribution in [-0.2, 0) is 6.42 Å². The Kier molecular flexibility index (Phi) is 6.09. The second-order valence-electron chi connectivity index (χ2n) is 4.86. The lowest BCUT2D eigenvalue weighted by atomic mass is 10.1. The molecule has 1 rings (SSSR count). The van der Waals surface area contributed by atoms with Crippen LogP contribution in [0.2, 0.25) is 0 Å². The maximum absolute atomic E-state index is 13.6. The summed E-state index contributed by atoms with van der Waals surface area (Å²) in [6, 6.07) is 3.55. The summed E-state index contributed by atoms with van der Waals surface area (Å²) in [4.78, 5) is 0. The zero-order chi connectivity index (χ0) is 13.7. The topological polar surface area (TPSA) is 21.3 Å². The van der Waals surface area contributed by atoms with Crippen LogP contribution in [0.3, 0.4) is 0 Å². The fraction of sp³-hybridized carbons (Fsp3) is 0.571.